The van der Waals surface area contributed by atoms with Crippen LogP contribution in [0.5, 0.6) is 5.75 Å². The average Bonchev–Trinajstić information content (AvgIpc) is 3.31. The van der Waals surface area contributed by atoms with E-state index in [0.29, 0.717) is 38.5 Å². The molecule has 2 aromatic carbocycles. The van der Waals surface area contributed by atoms with Crippen LogP contribution in [0, 0.1) is 11.3 Å². The minimum absolute atomic E-state index is 0.0394. The summed E-state index contributed by atoms with van der Waals surface area (Å²) in [6.45, 7) is 12.8. The van der Waals surface area contributed by atoms with Gasteiger partial charge in [-0.2, -0.15) is 0 Å². The van der Waals surface area contributed by atoms with E-state index in [4.69, 9.17) is 4.74 Å². The van der Waals surface area contributed by atoms with Gasteiger partial charge in [-0.25, -0.2) is 0 Å². The number of carbonyl (C=O) groups is 2. The third-order valence-corrected chi connectivity index (χ3v) is 6.67. The molecule has 6 nitrogen and oxygen atoms in total. The Bertz CT molecular complexity index is 1190. The predicted octanol–water partition coefficient (Wildman–Crippen LogP) is 6.38. The van der Waals surface area contributed by atoms with Crippen LogP contribution in [0.1, 0.15) is 64.3 Å². The zero-order chi connectivity index (χ0) is 28.4. The Morgan fingerprint density at radius 3 is 2.26 bits per heavy atom. The van der Waals surface area contributed by atoms with E-state index in [0.717, 1.165) is 29.0 Å². The molecule has 6 heteroatoms. The van der Waals surface area contributed by atoms with Crippen molar-refractivity contribution in [2.45, 2.75) is 67.1 Å². The van der Waals surface area contributed by atoms with E-state index < -0.39 is 0 Å². The van der Waals surface area contributed by atoms with Crippen molar-refractivity contribution in [2.75, 3.05) is 20.2 Å². The Hall–Kier alpha value is -3.54. The van der Waals surface area contributed by atoms with Gasteiger partial charge in [-0.05, 0) is 53.1 Å². The van der Waals surface area contributed by atoms with Crippen LogP contribution < -0.4 is 4.74 Å². The van der Waals surface area contributed by atoms with Gasteiger partial charge in [-0.1, -0.05) is 77.1 Å². The molecular formula is C33H45N3O3. The fourth-order valence-corrected chi connectivity index (χ4v) is 4.48. The van der Waals surface area contributed by atoms with E-state index in [1.807, 2.05) is 65.7 Å². The number of rotatable bonds is 13. The summed E-state index contributed by atoms with van der Waals surface area (Å²) in [4.78, 5) is 30.8. The van der Waals surface area contributed by atoms with Crippen LogP contribution in [0.4, 0.5) is 0 Å². The molecule has 3 rings (SSSR count). The summed E-state index contributed by atoms with van der Waals surface area (Å²) in [7, 11) is 1.67. The van der Waals surface area contributed by atoms with Crippen molar-refractivity contribution in [3.05, 3.63) is 89.7 Å². The van der Waals surface area contributed by atoms with Crippen molar-refractivity contribution < 1.29 is 14.3 Å². The first-order chi connectivity index (χ1) is 18.5. The Balaban J connectivity index is 1.83. The molecule has 2 amide bonds. The Morgan fingerprint density at radius 1 is 0.872 bits per heavy atom. The number of carbonyl (C=O) groups excluding carboxylic acids is 2. The van der Waals surface area contributed by atoms with Gasteiger partial charge in [0, 0.05) is 37.9 Å². The lowest BCUT2D eigenvalue weighted by Crippen LogP contribution is -2.44. The number of nitrogens with zero attached hydrogens (tertiary/aromatic N) is 3. The number of ether oxygens (including phenoxy) is 1. The molecule has 0 aliphatic carbocycles. The molecule has 0 saturated heterocycles. The van der Waals surface area contributed by atoms with Gasteiger partial charge in [-0.3, -0.25) is 9.59 Å². The van der Waals surface area contributed by atoms with Gasteiger partial charge < -0.3 is 19.1 Å². The van der Waals surface area contributed by atoms with Crippen LogP contribution in [0.15, 0.2) is 72.9 Å². The van der Waals surface area contributed by atoms with Gasteiger partial charge in [0.25, 0.3) is 0 Å². The maximum absolute atomic E-state index is 13.9. The molecule has 39 heavy (non-hydrogen) atoms. The minimum Gasteiger partial charge on any atom is -0.497 e. The third-order valence-electron chi connectivity index (χ3n) is 6.67. The zero-order valence-electron chi connectivity index (χ0n) is 24.5. The second kappa shape index (κ2) is 14.0. The lowest BCUT2D eigenvalue weighted by Gasteiger charge is -2.30. The predicted molar refractivity (Wildman–Crippen MR) is 157 cm³/mol. The van der Waals surface area contributed by atoms with E-state index in [1.54, 1.807) is 12.0 Å². The van der Waals surface area contributed by atoms with Crippen molar-refractivity contribution in [1.29, 1.82) is 0 Å². The van der Waals surface area contributed by atoms with Gasteiger partial charge in [-0.15, -0.1) is 0 Å². The molecule has 1 aromatic heterocycles. The largest absolute Gasteiger partial charge is 0.497 e. The first-order valence-corrected chi connectivity index (χ1v) is 13.9. The normalized spacial score (nSPS) is 11.5. The second-order valence-electron chi connectivity index (χ2n) is 11.9. The lowest BCUT2D eigenvalue weighted by molar-refractivity contribution is -0.142. The van der Waals surface area contributed by atoms with Crippen LogP contribution in [0.25, 0.3) is 0 Å². The summed E-state index contributed by atoms with van der Waals surface area (Å²) >= 11 is 0. The van der Waals surface area contributed by atoms with Gasteiger partial charge >= 0.3 is 0 Å². The maximum Gasteiger partial charge on any atom is 0.242 e. The van der Waals surface area contributed by atoms with Crippen LogP contribution in [0.3, 0.4) is 0 Å². The van der Waals surface area contributed by atoms with E-state index >= 15 is 0 Å². The van der Waals surface area contributed by atoms with Crippen molar-refractivity contribution in [1.82, 2.24) is 14.4 Å². The fraction of sp³-hybridized carbons (Fsp3) is 0.455. The highest BCUT2D eigenvalue weighted by Crippen LogP contribution is 2.21. The van der Waals surface area contributed by atoms with Crippen molar-refractivity contribution >= 4 is 11.8 Å². The zero-order valence-corrected chi connectivity index (χ0v) is 24.5. The summed E-state index contributed by atoms with van der Waals surface area (Å²) in [5.41, 5.74) is 3.09. The Morgan fingerprint density at radius 2 is 1.59 bits per heavy atom. The lowest BCUT2D eigenvalue weighted by atomic mass is 9.91. The third kappa shape index (κ3) is 9.93. The number of aromatic nitrogens is 1. The second-order valence-corrected chi connectivity index (χ2v) is 11.9. The van der Waals surface area contributed by atoms with Gasteiger partial charge in [0.1, 0.15) is 5.75 Å². The highest BCUT2D eigenvalue weighted by Gasteiger charge is 2.26. The average molecular weight is 532 g/mol. The highest BCUT2D eigenvalue weighted by molar-refractivity contribution is 5.85. The smallest absolute Gasteiger partial charge is 0.242 e. The molecule has 210 valence electrons. The Labute approximate surface area is 234 Å². The summed E-state index contributed by atoms with van der Waals surface area (Å²) in [6.07, 6.45) is 3.33. The number of amides is 2. The standard InChI is InChI=1S/C33H45N3O3/c1-26(2)17-19-35(31(37)21-33(3,4)5)25-32(38)36(22-27-12-8-7-9-13-27)24-29-15-11-18-34(29)23-28-14-10-16-30(20-28)39-6/h7-16,18,20,26H,17,19,21-25H2,1-6H3. The van der Waals surface area contributed by atoms with E-state index in [1.165, 1.54) is 0 Å². The van der Waals surface area contributed by atoms with Crippen molar-refractivity contribution in [3.8, 4) is 5.75 Å². The highest BCUT2D eigenvalue weighted by atomic mass is 16.5. The molecule has 0 N–H and O–H groups in total. The van der Waals surface area contributed by atoms with Crippen LogP contribution >= 0.6 is 0 Å². The minimum atomic E-state index is -0.138. The number of hydrogen-bond donors (Lipinski definition) is 0. The number of hydrogen-bond acceptors (Lipinski definition) is 3. The fourth-order valence-electron chi connectivity index (χ4n) is 4.48. The van der Waals surface area contributed by atoms with Crippen LogP contribution in [-0.2, 0) is 29.2 Å². The van der Waals surface area contributed by atoms with Gasteiger partial charge in [0.05, 0.1) is 20.2 Å². The molecule has 0 bridgehead atoms. The molecule has 0 radical (unpaired) electrons. The maximum atomic E-state index is 13.9. The van der Waals surface area contributed by atoms with Crippen LogP contribution in [0.2, 0.25) is 0 Å². The summed E-state index contributed by atoms with van der Waals surface area (Å²) in [5.74, 6) is 1.27. The molecule has 0 spiro atoms. The van der Waals surface area contributed by atoms with E-state index in [9.17, 15) is 9.59 Å². The Kier molecular flexibility index (Phi) is 10.8. The summed E-state index contributed by atoms with van der Waals surface area (Å²) in [6, 6.07) is 22.2. The molecule has 0 aliphatic heterocycles. The molecule has 0 atom stereocenters. The monoisotopic (exact) mass is 531 g/mol. The van der Waals surface area contributed by atoms with Crippen molar-refractivity contribution in [3.63, 3.8) is 0 Å². The molecular weight excluding hydrogens is 486 g/mol. The quantitative estimate of drug-likeness (QED) is 0.257. The molecule has 0 saturated carbocycles. The number of benzene rings is 2. The SMILES string of the molecule is COc1cccc(Cn2cccc2CN(Cc2ccccc2)C(=O)CN(CCC(C)C)C(=O)CC(C)(C)C)c1. The van der Waals surface area contributed by atoms with Gasteiger partial charge in [0.2, 0.25) is 11.8 Å². The number of methoxy groups -OCH3 is 1. The first-order valence-electron chi connectivity index (χ1n) is 13.9. The van der Waals surface area contributed by atoms with Crippen LogP contribution in [-0.4, -0.2) is 46.4 Å². The topological polar surface area (TPSA) is 54.8 Å². The first kappa shape index (κ1) is 30.0. The molecule has 0 aliphatic rings. The van der Waals surface area contributed by atoms with E-state index in [-0.39, 0.29) is 23.8 Å². The van der Waals surface area contributed by atoms with E-state index in [2.05, 4.69) is 51.3 Å². The molecule has 1 heterocycles. The molecule has 0 unspecified atom stereocenters. The van der Waals surface area contributed by atoms with Gasteiger partial charge in [0.15, 0.2) is 0 Å². The summed E-state index contributed by atoms with van der Waals surface area (Å²) in [5, 5.41) is 0. The molecule has 3 aromatic rings. The van der Waals surface area contributed by atoms with Crippen molar-refractivity contribution in [2.24, 2.45) is 11.3 Å². The molecule has 0 fully saturated rings. The summed E-state index contributed by atoms with van der Waals surface area (Å²) < 4.78 is 7.56.